The minimum atomic E-state index is -0.473. The van der Waals surface area contributed by atoms with Gasteiger partial charge < -0.3 is 9.80 Å². The van der Waals surface area contributed by atoms with E-state index in [1.54, 1.807) is 35.2 Å². The number of nitrogens with zero attached hydrogens (tertiary/aromatic N) is 6. The van der Waals surface area contributed by atoms with Crippen LogP contribution in [0.25, 0.3) is 16.9 Å². The van der Waals surface area contributed by atoms with Gasteiger partial charge in [0.1, 0.15) is 5.69 Å². The summed E-state index contributed by atoms with van der Waals surface area (Å²) in [6.07, 6.45) is 0. The Morgan fingerprint density at radius 2 is 1.27 bits per heavy atom. The van der Waals surface area contributed by atoms with E-state index in [0.717, 1.165) is 11.3 Å². The van der Waals surface area contributed by atoms with Crippen molar-refractivity contribution < 1.29 is 14.6 Å². The van der Waals surface area contributed by atoms with Crippen LogP contribution in [0.15, 0.2) is 84.9 Å². The second-order valence-electron chi connectivity index (χ2n) is 8.52. The summed E-state index contributed by atoms with van der Waals surface area (Å²) in [5.41, 5.74) is 3.21. The number of piperazine rings is 1. The summed E-state index contributed by atoms with van der Waals surface area (Å²) in [6.45, 7) is 2.06. The molecule has 0 saturated carbocycles. The smallest absolute Gasteiger partial charge is 0.272 e. The lowest BCUT2D eigenvalue weighted by atomic mass is 10.1. The Labute approximate surface area is 211 Å². The molecule has 1 aliphatic rings. The summed E-state index contributed by atoms with van der Waals surface area (Å²) in [7, 11) is 0. The average molecular weight is 498 g/mol. The van der Waals surface area contributed by atoms with Gasteiger partial charge in [0.25, 0.3) is 17.3 Å². The largest absolute Gasteiger partial charge is 0.368 e. The zero-order valence-electron chi connectivity index (χ0n) is 19.6. The van der Waals surface area contributed by atoms with Crippen LogP contribution >= 0.6 is 0 Å². The Balaban J connectivity index is 1.39. The highest BCUT2D eigenvalue weighted by Crippen LogP contribution is 2.25. The maximum absolute atomic E-state index is 13.6. The van der Waals surface area contributed by atoms with E-state index in [2.05, 4.69) is 10.00 Å². The molecule has 11 heteroatoms. The molecule has 1 aromatic heterocycles. The van der Waals surface area contributed by atoms with Crippen molar-refractivity contribution in [1.82, 2.24) is 14.7 Å². The predicted molar refractivity (Wildman–Crippen MR) is 137 cm³/mol. The zero-order chi connectivity index (χ0) is 25.9. The second kappa shape index (κ2) is 9.90. The van der Waals surface area contributed by atoms with Gasteiger partial charge in [0, 0.05) is 61.7 Å². The van der Waals surface area contributed by atoms with Gasteiger partial charge in [0.05, 0.1) is 21.2 Å². The van der Waals surface area contributed by atoms with E-state index in [1.165, 1.54) is 28.9 Å². The molecule has 0 atom stereocenters. The van der Waals surface area contributed by atoms with Gasteiger partial charge in [-0.3, -0.25) is 25.0 Å². The van der Waals surface area contributed by atoms with Gasteiger partial charge in [-0.25, -0.2) is 4.68 Å². The fraction of sp³-hybridized carbons (Fsp3) is 0.154. The number of aromatic nitrogens is 2. The van der Waals surface area contributed by atoms with E-state index >= 15 is 0 Å². The molecule has 186 valence electrons. The normalized spacial score (nSPS) is 13.4. The van der Waals surface area contributed by atoms with Gasteiger partial charge in [0.2, 0.25) is 0 Å². The van der Waals surface area contributed by atoms with Crippen LogP contribution in [0, 0.1) is 20.2 Å². The molecule has 0 bridgehead atoms. The summed E-state index contributed by atoms with van der Waals surface area (Å²) >= 11 is 0. The SMILES string of the molecule is O=C(c1cc(-c2ccccc2)nn1-c1ccc([N+](=O)[O-])cc1)N1CCN(c2ccc([N+](=O)[O-])cc2)CC1. The van der Waals surface area contributed by atoms with Crippen LogP contribution in [-0.4, -0.2) is 56.6 Å². The molecular formula is C26H22N6O5. The molecule has 4 aromatic rings. The molecule has 1 amide bonds. The minimum absolute atomic E-state index is 0.0336. The molecule has 2 heterocycles. The molecular weight excluding hydrogens is 476 g/mol. The summed E-state index contributed by atoms with van der Waals surface area (Å²) in [6, 6.07) is 23.5. The van der Waals surface area contributed by atoms with E-state index in [1.807, 2.05) is 30.3 Å². The number of hydrogen-bond donors (Lipinski definition) is 0. The number of nitro groups is 2. The Kier molecular flexibility index (Phi) is 6.33. The van der Waals surface area contributed by atoms with Crippen molar-refractivity contribution in [3.05, 3.63) is 111 Å². The summed E-state index contributed by atoms with van der Waals surface area (Å²) < 4.78 is 1.52. The first-order valence-corrected chi connectivity index (χ1v) is 11.6. The lowest BCUT2D eigenvalue weighted by Gasteiger charge is -2.36. The molecule has 11 nitrogen and oxygen atoms in total. The number of amides is 1. The molecule has 0 N–H and O–H groups in total. The molecule has 37 heavy (non-hydrogen) atoms. The van der Waals surface area contributed by atoms with E-state index in [9.17, 15) is 25.0 Å². The number of nitro benzene ring substituents is 2. The van der Waals surface area contributed by atoms with Crippen LogP contribution in [0.3, 0.4) is 0 Å². The van der Waals surface area contributed by atoms with E-state index in [0.29, 0.717) is 43.3 Å². The van der Waals surface area contributed by atoms with Gasteiger partial charge in [-0.2, -0.15) is 5.10 Å². The number of anilines is 1. The molecule has 0 radical (unpaired) electrons. The maximum Gasteiger partial charge on any atom is 0.272 e. The highest BCUT2D eigenvalue weighted by atomic mass is 16.6. The standard InChI is InChI=1S/C26H22N6O5/c33-26(29-16-14-28(15-17-29)20-6-10-22(11-7-20)31(34)35)25-18-24(19-4-2-1-3-5-19)27-30(25)21-8-12-23(13-9-21)32(36)37/h1-13,18H,14-17H2. The minimum Gasteiger partial charge on any atom is -0.368 e. The van der Waals surface area contributed by atoms with Crippen LogP contribution < -0.4 is 4.90 Å². The monoisotopic (exact) mass is 498 g/mol. The van der Waals surface area contributed by atoms with Gasteiger partial charge in [-0.1, -0.05) is 30.3 Å². The fourth-order valence-electron chi connectivity index (χ4n) is 4.31. The second-order valence-corrected chi connectivity index (χ2v) is 8.52. The molecule has 1 aliphatic heterocycles. The first kappa shape index (κ1) is 23.7. The van der Waals surface area contributed by atoms with Crippen molar-refractivity contribution >= 4 is 23.0 Å². The van der Waals surface area contributed by atoms with Crippen molar-refractivity contribution in [1.29, 1.82) is 0 Å². The predicted octanol–water partition coefficient (Wildman–Crippen LogP) is 4.32. The third-order valence-electron chi connectivity index (χ3n) is 6.30. The quantitative estimate of drug-likeness (QED) is 0.286. The van der Waals surface area contributed by atoms with Crippen molar-refractivity contribution in [2.45, 2.75) is 0 Å². The summed E-state index contributed by atoms with van der Waals surface area (Å²) in [5, 5.41) is 26.7. The molecule has 0 unspecified atom stereocenters. The van der Waals surface area contributed by atoms with E-state index in [-0.39, 0.29) is 17.3 Å². The number of carbonyl (C=O) groups excluding carboxylic acids is 1. The molecule has 1 fully saturated rings. The van der Waals surface area contributed by atoms with Gasteiger partial charge >= 0.3 is 0 Å². The van der Waals surface area contributed by atoms with Crippen LogP contribution in [0.5, 0.6) is 0 Å². The van der Waals surface area contributed by atoms with E-state index < -0.39 is 9.85 Å². The van der Waals surface area contributed by atoms with E-state index in [4.69, 9.17) is 0 Å². The van der Waals surface area contributed by atoms with Gasteiger partial charge in [-0.05, 0) is 30.3 Å². The van der Waals surface area contributed by atoms with Crippen molar-refractivity contribution in [3.8, 4) is 16.9 Å². The number of rotatable bonds is 6. The highest BCUT2D eigenvalue weighted by molar-refractivity contribution is 5.94. The maximum atomic E-state index is 13.6. The lowest BCUT2D eigenvalue weighted by Crippen LogP contribution is -2.49. The first-order chi connectivity index (χ1) is 17.9. The first-order valence-electron chi connectivity index (χ1n) is 11.6. The van der Waals surface area contributed by atoms with Crippen molar-refractivity contribution in [3.63, 3.8) is 0 Å². The van der Waals surface area contributed by atoms with Gasteiger partial charge in [0.15, 0.2) is 0 Å². The zero-order valence-corrected chi connectivity index (χ0v) is 19.6. The third-order valence-corrected chi connectivity index (χ3v) is 6.30. The Hall–Kier alpha value is -5.06. The molecule has 5 rings (SSSR count). The van der Waals surface area contributed by atoms with Gasteiger partial charge in [-0.15, -0.1) is 0 Å². The van der Waals surface area contributed by atoms with Crippen LogP contribution in [0.4, 0.5) is 17.1 Å². The molecule has 0 aliphatic carbocycles. The molecule has 1 saturated heterocycles. The number of carbonyl (C=O) groups is 1. The topological polar surface area (TPSA) is 128 Å². The fourth-order valence-corrected chi connectivity index (χ4v) is 4.31. The van der Waals surface area contributed by atoms with Crippen LogP contribution in [0.2, 0.25) is 0 Å². The average Bonchev–Trinajstić information content (AvgIpc) is 3.39. The summed E-state index contributed by atoms with van der Waals surface area (Å²) in [4.78, 5) is 38.6. The van der Waals surface area contributed by atoms with Crippen LogP contribution in [-0.2, 0) is 0 Å². The summed E-state index contributed by atoms with van der Waals surface area (Å²) in [5.74, 6) is -0.198. The Bertz CT molecular complexity index is 1440. The number of hydrogen-bond acceptors (Lipinski definition) is 7. The Morgan fingerprint density at radius 3 is 1.81 bits per heavy atom. The van der Waals surface area contributed by atoms with Crippen molar-refractivity contribution in [2.24, 2.45) is 0 Å². The molecule has 3 aromatic carbocycles. The highest BCUT2D eigenvalue weighted by Gasteiger charge is 2.27. The van der Waals surface area contributed by atoms with Crippen LogP contribution in [0.1, 0.15) is 10.5 Å². The third kappa shape index (κ3) is 4.87. The number of benzene rings is 3. The number of non-ortho nitro benzene ring substituents is 2. The Morgan fingerprint density at radius 1 is 0.730 bits per heavy atom. The lowest BCUT2D eigenvalue weighted by molar-refractivity contribution is -0.385. The van der Waals surface area contributed by atoms with Crippen molar-refractivity contribution in [2.75, 3.05) is 31.1 Å². The molecule has 0 spiro atoms.